The van der Waals surface area contributed by atoms with Gasteiger partial charge in [0.25, 0.3) is 0 Å². The molecule has 3 heterocycles. The van der Waals surface area contributed by atoms with Crippen molar-refractivity contribution in [3.8, 4) is 44.8 Å². The molecule has 0 saturated heterocycles. The third-order valence-electron chi connectivity index (χ3n) is 16.8. The maximum absolute atomic E-state index is 2.56. The topological polar surface area (TPSA) is 14.8 Å². The molecule has 3 nitrogen and oxygen atoms in total. The van der Waals surface area contributed by atoms with Crippen LogP contribution in [0.3, 0.4) is 0 Å². The third kappa shape index (κ3) is 6.70. The lowest BCUT2D eigenvalue weighted by atomic mass is 9.83. The Balaban J connectivity index is 0.908. The first-order chi connectivity index (χ1) is 38.2. The average molecular weight is 982 g/mol. The predicted molar refractivity (Wildman–Crippen MR) is 327 cm³/mol. The van der Waals surface area contributed by atoms with Gasteiger partial charge in [-0.1, -0.05) is 200 Å². The van der Waals surface area contributed by atoms with Crippen LogP contribution in [0, 0.1) is 0 Å². The number of rotatable bonds is 7. The second kappa shape index (κ2) is 17.4. The molecule has 16 rings (SSSR count). The zero-order valence-electron chi connectivity index (χ0n) is 42.5. The van der Waals surface area contributed by atoms with Gasteiger partial charge in [0.1, 0.15) is 0 Å². The van der Waals surface area contributed by atoms with Crippen LogP contribution < -0.4 is 10.6 Å². The Morgan fingerprint density at radius 3 is 1.31 bits per heavy atom. The van der Waals surface area contributed by atoms with E-state index in [0.717, 1.165) is 25.7 Å². The van der Waals surface area contributed by atoms with Crippen LogP contribution in [0.15, 0.2) is 249 Å². The zero-order chi connectivity index (χ0) is 50.6. The second-order valence-corrected chi connectivity index (χ2v) is 20.9. The Bertz CT molecular complexity index is 4870. The fourth-order valence-electron chi connectivity index (χ4n) is 13.5. The fraction of sp³-hybridized carbons (Fsp3) is 0.0541. The Morgan fingerprint density at radius 1 is 0.286 bits per heavy atom. The van der Waals surface area contributed by atoms with Gasteiger partial charge in [-0.2, -0.15) is 0 Å². The number of para-hydroxylation sites is 5. The Hall–Kier alpha value is -9.70. The minimum absolute atomic E-state index is 0.899. The van der Waals surface area contributed by atoms with Gasteiger partial charge in [0, 0.05) is 54.3 Å². The smallest absolute Gasteiger partial charge is 0.0541 e. The Morgan fingerprint density at radius 2 is 0.740 bits per heavy atom. The molecule has 11 aromatic carbocycles. The standard InChI is InChI=1S/C74H51N3/c1-2-20-48(21-3-1)73-59-28-4-6-30-61(59)74(62-31-7-5-29-60(62)73)49-38-42-52(43-39-49)75-71-44-40-50(53-22-8-14-32-65(53)76-67-34-16-10-24-55(67)56-25-11-17-35-68(56)76)46-63(71)64-47-51(41-45-72(64)75)54-23-9-15-33-66(54)77-69-36-18-12-26-57(69)58-27-13-19-37-70(58)77/h1-12,14-18,20-38,40-42,44-47H,13,19,39,43H2. The molecular weight excluding hydrogens is 931 g/mol. The molecule has 0 bridgehead atoms. The van der Waals surface area contributed by atoms with Crippen LogP contribution in [0.1, 0.15) is 31.2 Å². The SMILES string of the molecule is C1=C(c2c3ccccc3c(-c3ccccc3)c3ccccc23)CCC(n2c3ccc(-c4ccccc4-n4c5c(c6ccccc64)=CCCC=5)cc3c3cc(-c4ccccc4-n4c5ccccc5c5ccccc54)ccc32)=C1. The monoisotopic (exact) mass is 981 g/mol. The van der Waals surface area contributed by atoms with Crippen LogP contribution >= 0.6 is 0 Å². The van der Waals surface area contributed by atoms with Gasteiger partial charge in [-0.15, -0.1) is 0 Å². The van der Waals surface area contributed by atoms with E-state index in [1.165, 1.54) is 148 Å². The average Bonchev–Trinajstić information content (AvgIpc) is 4.25. The van der Waals surface area contributed by atoms with Crippen molar-refractivity contribution in [2.24, 2.45) is 0 Å². The van der Waals surface area contributed by atoms with Gasteiger partial charge in [0.2, 0.25) is 0 Å². The summed E-state index contributed by atoms with van der Waals surface area (Å²) in [5, 5.41) is 14.1. The van der Waals surface area contributed by atoms with Crippen LogP contribution in [0.25, 0.3) is 144 Å². The van der Waals surface area contributed by atoms with Crippen molar-refractivity contribution in [3.05, 3.63) is 265 Å². The predicted octanol–water partition coefficient (Wildman–Crippen LogP) is 18.2. The minimum atomic E-state index is 0.899. The molecule has 0 unspecified atom stereocenters. The molecule has 2 aliphatic rings. The normalized spacial score (nSPS) is 13.6. The lowest BCUT2D eigenvalue weighted by Gasteiger charge is -2.22. The summed E-state index contributed by atoms with van der Waals surface area (Å²) in [7, 11) is 0. The van der Waals surface area contributed by atoms with Crippen molar-refractivity contribution in [1.82, 2.24) is 13.7 Å². The van der Waals surface area contributed by atoms with E-state index in [1.54, 1.807) is 0 Å². The molecule has 3 heteroatoms. The molecule has 0 spiro atoms. The summed E-state index contributed by atoms with van der Waals surface area (Å²) >= 11 is 0. The minimum Gasteiger partial charge on any atom is -0.313 e. The van der Waals surface area contributed by atoms with Crippen molar-refractivity contribution in [2.75, 3.05) is 0 Å². The first-order valence-corrected chi connectivity index (χ1v) is 27.2. The molecule has 3 aromatic heterocycles. The molecule has 0 radical (unpaired) electrons. The lowest BCUT2D eigenvalue weighted by molar-refractivity contribution is 0.994. The summed E-state index contributed by atoms with van der Waals surface area (Å²) in [6.07, 6.45) is 13.6. The molecule has 0 atom stereocenters. The van der Waals surface area contributed by atoms with Crippen LogP contribution in [0.2, 0.25) is 0 Å². The van der Waals surface area contributed by atoms with Crippen molar-refractivity contribution >= 4 is 99.5 Å². The number of fused-ring (bicyclic) bond motifs is 11. The number of allylic oxidation sites excluding steroid dienone is 4. The van der Waals surface area contributed by atoms with Crippen molar-refractivity contribution in [3.63, 3.8) is 0 Å². The fourth-order valence-corrected chi connectivity index (χ4v) is 13.5. The molecular formula is C74H51N3. The number of aromatic nitrogens is 3. The zero-order valence-corrected chi connectivity index (χ0v) is 42.5. The van der Waals surface area contributed by atoms with Crippen molar-refractivity contribution < 1.29 is 0 Å². The lowest BCUT2D eigenvalue weighted by Crippen LogP contribution is -2.30. The maximum Gasteiger partial charge on any atom is 0.0541 e. The molecule has 77 heavy (non-hydrogen) atoms. The van der Waals surface area contributed by atoms with Crippen LogP contribution in [0.5, 0.6) is 0 Å². The summed E-state index contributed by atoms with van der Waals surface area (Å²) in [5.74, 6) is 0. The first-order valence-electron chi connectivity index (χ1n) is 27.2. The van der Waals surface area contributed by atoms with E-state index in [-0.39, 0.29) is 0 Å². The number of hydrogen-bond donors (Lipinski definition) is 0. The van der Waals surface area contributed by atoms with Gasteiger partial charge < -0.3 is 13.7 Å². The van der Waals surface area contributed by atoms with Gasteiger partial charge in [-0.25, -0.2) is 0 Å². The van der Waals surface area contributed by atoms with E-state index in [2.05, 4.69) is 275 Å². The van der Waals surface area contributed by atoms with E-state index in [4.69, 9.17) is 0 Å². The number of benzene rings is 11. The molecule has 0 N–H and O–H groups in total. The van der Waals surface area contributed by atoms with Crippen LogP contribution in [-0.2, 0) is 0 Å². The van der Waals surface area contributed by atoms with E-state index in [9.17, 15) is 0 Å². The van der Waals surface area contributed by atoms with E-state index < -0.39 is 0 Å². The maximum atomic E-state index is 2.56. The summed E-state index contributed by atoms with van der Waals surface area (Å²) in [4.78, 5) is 0. The molecule has 0 fully saturated rings. The summed E-state index contributed by atoms with van der Waals surface area (Å²) < 4.78 is 7.52. The molecule has 0 amide bonds. The highest BCUT2D eigenvalue weighted by atomic mass is 15.0. The van der Waals surface area contributed by atoms with Crippen LogP contribution in [0.4, 0.5) is 0 Å². The Kier molecular flexibility index (Phi) is 9.90. The molecule has 0 aliphatic heterocycles. The highest BCUT2D eigenvalue weighted by Crippen LogP contribution is 2.46. The van der Waals surface area contributed by atoms with Gasteiger partial charge >= 0.3 is 0 Å². The second-order valence-electron chi connectivity index (χ2n) is 20.9. The highest BCUT2D eigenvalue weighted by Gasteiger charge is 2.24. The quantitative estimate of drug-likeness (QED) is 0.141. The summed E-state index contributed by atoms with van der Waals surface area (Å²) in [6, 6.07) is 87.9. The Labute approximate surface area is 446 Å². The van der Waals surface area contributed by atoms with E-state index >= 15 is 0 Å². The largest absolute Gasteiger partial charge is 0.313 e. The highest BCUT2D eigenvalue weighted by molar-refractivity contribution is 6.19. The summed E-state index contributed by atoms with van der Waals surface area (Å²) in [6.45, 7) is 0. The first kappa shape index (κ1) is 43.7. The summed E-state index contributed by atoms with van der Waals surface area (Å²) in [5.41, 5.74) is 19.8. The van der Waals surface area contributed by atoms with Crippen LogP contribution in [-0.4, -0.2) is 13.7 Å². The van der Waals surface area contributed by atoms with E-state index in [0.29, 0.717) is 0 Å². The third-order valence-corrected chi connectivity index (χ3v) is 16.8. The van der Waals surface area contributed by atoms with E-state index in [1.807, 2.05) is 0 Å². The van der Waals surface area contributed by atoms with Gasteiger partial charge in [-0.3, -0.25) is 0 Å². The van der Waals surface area contributed by atoms with Gasteiger partial charge in [0.15, 0.2) is 0 Å². The van der Waals surface area contributed by atoms with Gasteiger partial charge in [-0.05, 0) is 141 Å². The number of nitrogens with zero attached hydrogens (tertiary/aromatic N) is 3. The van der Waals surface area contributed by atoms with Crippen molar-refractivity contribution in [2.45, 2.75) is 25.7 Å². The molecule has 0 saturated carbocycles. The molecule has 2 aliphatic carbocycles. The number of hydrogen-bond acceptors (Lipinski definition) is 0. The van der Waals surface area contributed by atoms with Gasteiger partial charge in [0.05, 0.1) is 39.0 Å². The van der Waals surface area contributed by atoms with Crippen molar-refractivity contribution in [1.29, 1.82) is 0 Å². The molecule has 362 valence electrons. The molecule has 14 aromatic rings.